The fourth-order valence-electron chi connectivity index (χ4n) is 4.60. The Balaban J connectivity index is 1.82. The summed E-state index contributed by atoms with van der Waals surface area (Å²) in [5, 5.41) is 3.16. The zero-order valence-electron chi connectivity index (χ0n) is 17.4. The Kier molecular flexibility index (Phi) is 4.56. The third kappa shape index (κ3) is 3.10. The van der Waals surface area contributed by atoms with Gasteiger partial charge in [-0.3, -0.25) is 0 Å². The van der Waals surface area contributed by atoms with E-state index in [2.05, 4.69) is 120 Å². The number of para-hydroxylation sites is 1. The lowest BCUT2D eigenvalue weighted by atomic mass is 9.95. The maximum Gasteiger partial charge on any atom is 0.0619 e. The highest BCUT2D eigenvalue weighted by atomic mass is 35.5. The van der Waals surface area contributed by atoms with E-state index < -0.39 is 0 Å². The molecule has 0 N–H and O–H groups in total. The van der Waals surface area contributed by atoms with Gasteiger partial charge in [0.1, 0.15) is 0 Å². The molecular weight excluding hydrogens is 410 g/mol. The number of nitrogens with zero attached hydrogens (tertiary/aromatic N) is 1. The van der Waals surface area contributed by atoms with E-state index >= 15 is 0 Å². The van der Waals surface area contributed by atoms with Crippen LogP contribution < -0.4 is 0 Å². The highest BCUT2D eigenvalue weighted by Crippen LogP contribution is 2.41. The summed E-state index contributed by atoms with van der Waals surface area (Å²) >= 11 is 6.48. The van der Waals surface area contributed by atoms with E-state index in [1.165, 1.54) is 38.5 Å². The van der Waals surface area contributed by atoms with Crippen LogP contribution in [0.4, 0.5) is 0 Å². The first-order valence-electron chi connectivity index (χ1n) is 10.7. The van der Waals surface area contributed by atoms with Gasteiger partial charge in [0, 0.05) is 27.0 Å². The second-order valence-corrected chi connectivity index (χ2v) is 8.42. The van der Waals surface area contributed by atoms with Crippen LogP contribution in [-0.4, -0.2) is 4.57 Å². The molecule has 1 nitrogen and oxygen atoms in total. The maximum atomic E-state index is 6.48. The zero-order chi connectivity index (χ0) is 21.5. The number of fused-ring (bicyclic) bond motifs is 3. The van der Waals surface area contributed by atoms with Gasteiger partial charge >= 0.3 is 0 Å². The molecule has 0 radical (unpaired) electrons. The summed E-state index contributed by atoms with van der Waals surface area (Å²) in [7, 11) is 0. The van der Waals surface area contributed by atoms with Crippen molar-refractivity contribution in [3.8, 4) is 27.9 Å². The summed E-state index contributed by atoms with van der Waals surface area (Å²) in [6, 6.07) is 42.6. The minimum atomic E-state index is 0.738. The zero-order valence-corrected chi connectivity index (χ0v) is 18.1. The number of halogens is 1. The van der Waals surface area contributed by atoms with Crippen LogP contribution in [0.2, 0.25) is 5.02 Å². The summed E-state index contributed by atoms with van der Waals surface area (Å²) in [4.78, 5) is 0. The molecule has 6 rings (SSSR count). The van der Waals surface area contributed by atoms with Crippen molar-refractivity contribution in [3.05, 3.63) is 126 Å². The van der Waals surface area contributed by atoms with Crippen molar-refractivity contribution in [2.75, 3.05) is 0 Å². The predicted molar refractivity (Wildman–Crippen MR) is 137 cm³/mol. The normalized spacial score (nSPS) is 11.3. The summed E-state index contributed by atoms with van der Waals surface area (Å²) in [5.41, 5.74) is 8.25. The average Bonchev–Trinajstić information content (AvgIpc) is 3.18. The van der Waals surface area contributed by atoms with E-state index in [-0.39, 0.29) is 0 Å². The Morgan fingerprint density at radius 2 is 1.12 bits per heavy atom. The summed E-state index contributed by atoms with van der Waals surface area (Å²) < 4.78 is 2.34. The van der Waals surface area contributed by atoms with Crippen molar-refractivity contribution in [1.82, 2.24) is 4.57 Å². The van der Waals surface area contributed by atoms with E-state index in [0.29, 0.717) is 0 Å². The van der Waals surface area contributed by atoms with Crippen molar-refractivity contribution in [3.63, 3.8) is 0 Å². The molecule has 2 heteroatoms. The Morgan fingerprint density at radius 1 is 0.500 bits per heavy atom. The van der Waals surface area contributed by atoms with Gasteiger partial charge in [0.05, 0.1) is 11.0 Å². The van der Waals surface area contributed by atoms with Gasteiger partial charge in [0.25, 0.3) is 0 Å². The van der Waals surface area contributed by atoms with Crippen LogP contribution in [0.5, 0.6) is 0 Å². The number of hydrogen-bond acceptors (Lipinski definition) is 0. The molecule has 1 heterocycles. The minimum Gasteiger partial charge on any atom is -0.309 e. The van der Waals surface area contributed by atoms with Crippen molar-refractivity contribution in [2.45, 2.75) is 0 Å². The number of rotatable bonds is 3. The van der Waals surface area contributed by atoms with Crippen molar-refractivity contribution in [1.29, 1.82) is 0 Å². The van der Waals surface area contributed by atoms with Crippen molar-refractivity contribution >= 4 is 33.4 Å². The van der Waals surface area contributed by atoms with Crippen LogP contribution in [0, 0.1) is 0 Å². The SMILES string of the molecule is Clc1ccc2c3cc(-c4ccccc4)cc(-c4ccccc4)c3n(-c3ccccc3)c2c1. The second kappa shape index (κ2) is 7.71. The number of benzene rings is 5. The predicted octanol–water partition coefficient (Wildman–Crippen LogP) is 8.77. The van der Waals surface area contributed by atoms with Crippen LogP contribution in [0.3, 0.4) is 0 Å². The van der Waals surface area contributed by atoms with Crippen LogP contribution in [0.15, 0.2) is 121 Å². The van der Waals surface area contributed by atoms with Gasteiger partial charge in [-0.2, -0.15) is 0 Å². The molecule has 0 atom stereocenters. The molecule has 0 bridgehead atoms. The van der Waals surface area contributed by atoms with Gasteiger partial charge in [-0.25, -0.2) is 0 Å². The van der Waals surface area contributed by atoms with E-state index in [1.807, 2.05) is 6.07 Å². The molecule has 0 saturated carbocycles. The molecule has 0 aliphatic rings. The highest BCUT2D eigenvalue weighted by Gasteiger charge is 2.18. The summed E-state index contributed by atoms with van der Waals surface area (Å²) in [6.45, 7) is 0. The average molecular weight is 430 g/mol. The van der Waals surface area contributed by atoms with E-state index in [9.17, 15) is 0 Å². The Bertz CT molecular complexity index is 1550. The molecular formula is C30H20ClN. The molecule has 5 aromatic carbocycles. The monoisotopic (exact) mass is 429 g/mol. The Labute approximate surface area is 192 Å². The smallest absolute Gasteiger partial charge is 0.0619 e. The van der Waals surface area contributed by atoms with Gasteiger partial charge in [0.15, 0.2) is 0 Å². The quantitative estimate of drug-likeness (QED) is 0.265. The van der Waals surface area contributed by atoms with Crippen molar-refractivity contribution < 1.29 is 0 Å². The first kappa shape index (κ1) is 18.9. The summed E-state index contributed by atoms with van der Waals surface area (Å²) in [5.74, 6) is 0. The molecule has 1 aromatic heterocycles. The van der Waals surface area contributed by atoms with Gasteiger partial charge in [-0.15, -0.1) is 0 Å². The van der Waals surface area contributed by atoms with E-state index in [0.717, 1.165) is 16.2 Å². The lowest BCUT2D eigenvalue weighted by Crippen LogP contribution is -1.95. The molecule has 0 amide bonds. The Hall–Kier alpha value is -3.81. The minimum absolute atomic E-state index is 0.738. The Morgan fingerprint density at radius 3 is 1.81 bits per heavy atom. The molecule has 0 aliphatic carbocycles. The topological polar surface area (TPSA) is 4.93 Å². The van der Waals surface area contributed by atoms with Crippen LogP contribution in [0.1, 0.15) is 0 Å². The molecule has 32 heavy (non-hydrogen) atoms. The second-order valence-electron chi connectivity index (χ2n) is 7.98. The van der Waals surface area contributed by atoms with Crippen LogP contribution in [0.25, 0.3) is 49.7 Å². The van der Waals surface area contributed by atoms with Crippen LogP contribution in [-0.2, 0) is 0 Å². The largest absolute Gasteiger partial charge is 0.309 e. The van der Waals surface area contributed by atoms with Gasteiger partial charge in [-0.1, -0.05) is 96.5 Å². The highest BCUT2D eigenvalue weighted by molar-refractivity contribution is 6.31. The maximum absolute atomic E-state index is 6.48. The summed E-state index contributed by atoms with van der Waals surface area (Å²) in [6.07, 6.45) is 0. The third-order valence-electron chi connectivity index (χ3n) is 6.03. The number of hydrogen-bond donors (Lipinski definition) is 0. The van der Waals surface area contributed by atoms with E-state index in [1.54, 1.807) is 0 Å². The molecule has 0 spiro atoms. The number of aromatic nitrogens is 1. The third-order valence-corrected chi connectivity index (χ3v) is 6.27. The fraction of sp³-hybridized carbons (Fsp3) is 0. The van der Waals surface area contributed by atoms with Gasteiger partial charge < -0.3 is 4.57 Å². The van der Waals surface area contributed by atoms with Crippen LogP contribution >= 0.6 is 11.6 Å². The molecule has 0 unspecified atom stereocenters. The lowest BCUT2D eigenvalue weighted by Gasteiger charge is -2.13. The van der Waals surface area contributed by atoms with Crippen molar-refractivity contribution in [2.24, 2.45) is 0 Å². The molecule has 6 aromatic rings. The molecule has 0 fully saturated rings. The molecule has 152 valence electrons. The standard InChI is InChI=1S/C30H20ClN/c31-24-16-17-26-28-19-23(21-10-4-1-5-11-21)18-27(22-12-6-2-7-13-22)30(28)32(29(26)20-24)25-14-8-3-9-15-25/h1-20H. The first-order chi connectivity index (χ1) is 15.8. The molecule has 0 aliphatic heterocycles. The van der Waals surface area contributed by atoms with Gasteiger partial charge in [-0.05, 0) is 53.1 Å². The van der Waals surface area contributed by atoms with E-state index in [4.69, 9.17) is 11.6 Å². The fourth-order valence-corrected chi connectivity index (χ4v) is 4.77. The van der Waals surface area contributed by atoms with Gasteiger partial charge in [0.2, 0.25) is 0 Å². The lowest BCUT2D eigenvalue weighted by molar-refractivity contribution is 1.18. The first-order valence-corrected chi connectivity index (χ1v) is 11.1. The molecule has 0 saturated heterocycles.